The predicted octanol–water partition coefficient (Wildman–Crippen LogP) is 5.05. The Labute approximate surface area is 211 Å². The highest BCUT2D eigenvalue weighted by Gasteiger charge is 2.46. The molecule has 1 aromatic carbocycles. The number of benzene rings is 1. The molecule has 2 fully saturated rings. The number of halogens is 2. The number of alkyl halides is 2. The highest BCUT2D eigenvalue weighted by Crippen LogP contribution is 2.41. The molecule has 2 saturated heterocycles. The summed E-state index contributed by atoms with van der Waals surface area (Å²) < 4.78 is 35.7. The molecule has 3 aliphatic rings. The Kier molecular flexibility index (Phi) is 7.53. The number of pyridine rings is 1. The quantitative estimate of drug-likeness (QED) is 0.446. The third kappa shape index (κ3) is 5.39. The highest BCUT2D eigenvalue weighted by molar-refractivity contribution is 5.76. The third-order valence-electron chi connectivity index (χ3n) is 7.93. The van der Waals surface area contributed by atoms with Crippen LogP contribution in [0.1, 0.15) is 66.4 Å². The molecule has 0 unspecified atom stereocenters. The number of aromatic nitrogens is 1. The molecule has 36 heavy (non-hydrogen) atoms. The van der Waals surface area contributed by atoms with Gasteiger partial charge in [-0.05, 0) is 67.8 Å². The molecule has 6 nitrogen and oxygen atoms in total. The molecule has 5 rings (SSSR count). The Morgan fingerprint density at radius 2 is 2.06 bits per heavy atom. The Hall–Kier alpha value is -2.58. The molecular weight excluding hydrogens is 464 g/mol. The van der Waals surface area contributed by atoms with Crippen molar-refractivity contribution in [3.63, 3.8) is 0 Å². The average Bonchev–Trinajstić information content (AvgIpc) is 3.32. The van der Waals surface area contributed by atoms with Gasteiger partial charge in [-0.3, -0.25) is 9.69 Å². The lowest BCUT2D eigenvalue weighted by Gasteiger charge is -2.32. The van der Waals surface area contributed by atoms with Crippen LogP contribution in [0.25, 0.3) is 0 Å². The second-order valence-electron chi connectivity index (χ2n) is 10.4. The first-order valence-electron chi connectivity index (χ1n) is 13.2. The average molecular weight is 500 g/mol. The summed E-state index contributed by atoms with van der Waals surface area (Å²) in [6.07, 6.45) is 4.03. The number of carbonyl (C=O) groups is 1. The minimum atomic E-state index is -2.82. The summed E-state index contributed by atoms with van der Waals surface area (Å²) in [5, 5.41) is 13.4. The summed E-state index contributed by atoms with van der Waals surface area (Å²) in [6.45, 7) is 2.52. The number of carboxylic acid groups (broad SMARTS) is 1. The second kappa shape index (κ2) is 10.8. The predicted molar refractivity (Wildman–Crippen MR) is 134 cm³/mol. The standard InChI is InChI=1S/C28H35F2N3O3/c29-28(30,13-4-3-7-22-11-10-19-6-5-14-31-26(19)32-22)21-12-15-33(16-21)25(27(34)35)24-9-2-1-8-23(24)20-17-36-18-20/h1-2,8-11,20-21,25H,3-7,12-18H2,(H,31,32)(H,34,35)/t21-,25+/m1/s1. The summed E-state index contributed by atoms with van der Waals surface area (Å²) >= 11 is 0. The molecule has 0 aliphatic carbocycles. The van der Waals surface area contributed by atoms with Crippen molar-refractivity contribution >= 4 is 11.8 Å². The summed E-state index contributed by atoms with van der Waals surface area (Å²) in [6, 6.07) is 10.7. The molecule has 1 aromatic heterocycles. The van der Waals surface area contributed by atoms with E-state index in [4.69, 9.17) is 4.74 Å². The maximum absolute atomic E-state index is 15.2. The van der Waals surface area contributed by atoms with Crippen LogP contribution in [0.5, 0.6) is 0 Å². The Morgan fingerprint density at radius 3 is 2.83 bits per heavy atom. The van der Waals surface area contributed by atoms with Crippen molar-refractivity contribution in [2.75, 3.05) is 38.2 Å². The number of likely N-dealkylation sites (tertiary alicyclic amines) is 1. The van der Waals surface area contributed by atoms with Crippen molar-refractivity contribution in [2.24, 2.45) is 5.92 Å². The van der Waals surface area contributed by atoms with Gasteiger partial charge in [0.2, 0.25) is 0 Å². The summed E-state index contributed by atoms with van der Waals surface area (Å²) in [5.74, 6) is -3.52. The lowest BCUT2D eigenvalue weighted by Crippen LogP contribution is -2.37. The van der Waals surface area contributed by atoms with Gasteiger partial charge in [-0.15, -0.1) is 0 Å². The number of fused-ring (bicyclic) bond motifs is 1. The lowest BCUT2D eigenvalue weighted by atomic mass is 9.89. The molecule has 4 heterocycles. The first-order valence-corrected chi connectivity index (χ1v) is 13.2. The molecule has 2 atom stereocenters. The van der Waals surface area contributed by atoms with Gasteiger partial charge in [-0.25, -0.2) is 13.8 Å². The van der Waals surface area contributed by atoms with E-state index in [9.17, 15) is 9.90 Å². The fourth-order valence-electron chi connectivity index (χ4n) is 5.78. The Morgan fingerprint density at radius 1 is 1.22 bits per heavy atom. The fourth-order valence-corrected chi connectivity index (χ4v) is 5.78. The van der Waals surface area contributed by atoms with Crippen molar-refractivity contribution in [1.82, 2.24) is 9.88 Å². The van der Waals surface area contributed by atoms with Crippen LogP contribution in [-0.2, 0) is 22.4 Å². The number of aryl methyl sites for hydroxylation is 2. The van der Waals surface area contributed by atoms with Crippen LogP contribution in [-0.4, -0.2) is 59.7 Å². The van der Waals surface area contributed by atoms with E-state index in [2.05, 4.69) is 16.4 Å². The Bertz CT molecular complexity index is 1080. The van der Waals surface area contributed by atoms with Gasteiger partial charge in [-0.1, -0.05) is 30.3 Å². The monoisotopic (exact) mass is 499 g/mol. The van der Waals surface area contributed by atoms with Gasteiger partial charge < -0.3 is 15.2 Å². The molecule has 2 N–H and O–H groups in total. The number of hydrogen-bond donors (Lipinski definition) is 2. The summed E-state index contributed by atoms with van der Waals surface area (Å²) in [4.78, 5) is 18.7. The third-order valence-corrected chi connectivity index (χ3v) is 7.93. The number of rotatable bonds is 10. The van der Waals surface area contributed by atoms with Gasteiger partial charge in [0.15, 0.2) is 0 Å². The molecule has 2 aromatic rings. The molecule has 0 saturated carbocycles. The van der Waals surface area contributed by atoms with Gasteiger partial charge in [0.1, 0.15) is 11.9 Å². The van der Waals surface area contributed by atoms with E-state index in [0.29, 0.717) is 51.0 Å². The van der Waals surface area contributed by atoms with Gasteiger partial charge in [0.05, 0.1) is 13.2 Å². The van der Waals surface area contributed by atoms with Gasteiger partial charge in [-0.2, -0.15) is 0 Å². The number of aliphatic carboxylic acids is 1. The van der Waals surface area contributed by atoms with E-state index in [1.165, 1.54) is 5.56 Å². The Balaban J connectivity index is 1.16. The molecular formula is C28H35F2N3O3. The van der Waals surface area contributed by atoms with Crippen LogP contribution in [0.2, 0.25) is 0 Å². The van der Waals surface area contributed by atoms with E-state index in [1.807, 2.05) is 30.3 Å². The van der Waals surface area contributed by atoms with E-state index in [-0.39, 0.29) is 18.9 Å². The van der Waals surface area contributed by atoms with Crippen molar-refractivity contribution in [1.29, 1.82) is 0 Å². The van der Waals surface area contributed by atoms with Crippen LogP contribution < -0.4 is 5.32 Å². The maximum Gasteiger partial charge on any atom is 0.325 e. The van der Waals surface area contributed by atoms with E-state index >= 15 is 8.78 Å². The number of carboxylic acids is 1. The van der Waals surface area contributed by atoms with Gasteiger partial charge in [0.25, 0.3) is 5.92 Å². The first-order chi connectivity index (χ1) is 17.4. The van der Waals surface area contributed by atoms with Crippen molar-refractivity contribution in [3.05, 3.63) is 58.8 Å². The van der Waals surface area contributed by atoms with Gasteiger partial charge in [0, 0.05) is 37.0 Å². The van der Waals surface area contributed by atoms with Gasteiger partial charge >= 0.3 is 5.97 Å². The number of ether oxygens (including phenoxy) is 1. The van der Waals surface area contributed by atoms with E-state index < -0.39 is 23.9 Å². The zero-order valence-electron chi connectivity index (χ0n) is 20.6. The minimum absolute atomic E-state index is 0.0948. The van der Waals surface area contributed by atoms with E-state index in [0.717, 1.165) is 36.5 Å². The molecule has 3 aliphatic heterocycles. The second-order valence-corrected chi connectivity index (χ2v) is 10.4. The number of anilines is 1. The number of hydrogen-bond acceptors (Lipinski definition) is 5. The normalized spacial score (nSPS) is 21.4. The van der Waals surface area contributed by atoms with Crippen molar-refractivity contribution in [2.45, 2.75) is 62.8 Å². The fraction of sp³-hybridized carbons (Fsp3) is 0.571. The van der Waals surface area contributed by atoms with Crippen LogP contribution in [0.15, 0.2) is 36.4 Å². The molecule has 8 heteroatoms. The smallest absolute Gasteiger partial charge is 0.325 e. The van der Waals surface area contributed by atoms with Crippen molar-refractivity contribution < 1.29 is 23.4 Å². The zero-order valence-corrected chi connectivity index (χ0v) is 20.6. The molecule has 0 spiro atoms. The largest absolute Gasteiger partial charge is 0.480 e. The molecule has 194 valence electrons. The van der Waals surface area contributed by atoms with Crippen LogP contribution in [0.4, 0.5) is 14.6 Å². The SMILES string of the molecule is O=C(O)[C@H](c1ccccc1C1COC1)N1CC[C@@H](C(F)(F)CCCCc2ccc3c(n2)NCCC3)C1. The molecule has 0 radical (unpaired) electrons. The van der Waals surface area contributed by atoms with Crippen molar-refractivity contribution in [3.8, 4) is 0 Å². The van der Waals surface area contributed by atoms with Crippen LogP contribution in [0, 0.1) is 5.92 Å². The summed E-state index contributed by atoms with van der Waals surface area (Å²) in [5.41, 5.74) is 3.83. The number of nitrogens with one attached hydrogen (secondary N) is 1. The molecule has 0 amide bonds. The zero-order chi connectivity index (χ0) is 25.1. The lowest BCUT2D eigenvalue weighted by molar-refractivity contribution is -0.143. The number of unbranched alkanes of at least 4 members (excludes halogenated alkanes) is 1. The molecule has 0 bridgehead atoms. The minimum Gasteiger partial charge on any atom is -0.480 e. The van der Waals surface area contributed by atoms with Crippen LogP contribution >= 0.6 is 0 Å². The van der Waals surface area contributed by atoms with E-state index in [1.54, 1.807) is 4.90 Å². The maximum atomic E-state index is 15.2. The summed E-state index contributed by atoms with van der Waals surface area (Å²) in [7, 11) is 0. The van der Waals surface area contributed by atoms with Crippen LogP contribution in [0.3, 0.4) is 0 Å². The first kappa shape index (κ1) is 25.1. The topological polar surface area (TPSA) is 74.7 Å². The number of nitrogens with zero attached hydrogens (tertiary/aromatic N) is 2. The highest BCUT2D eigenvalue weighted by atomic mass is 19.3.